The normalized spacial score (nSPS) is 24.6. The zero-order valence-electron chi connectivity index (χ0n) is 23.9. The lowest BCUT2D eigenvalue weighted by Crippen LogP contribution is -2.37. The maximum atomic E-state index is 6.30. The molecule has 3 unspecified atom stereocenters. The molecule has 0 heterocycles. The molecular formula is C39H37N. The second-order valence-electron chi connectivity index (χ2n) is 13.3. The van der Waals surface area contributed by atoms with Gasteiger partial charge >= 0.3 is 0 Å². The van der Waals surface area contributed by atoms with Crippen LogP contribution in [0.5, 0.6) is 0 Å². The average Bonchev–Trinajstić information content (AvgIpc) is 3.37. The first-order chi connectivity index (χ1) is 19.3. The van der Waals surface area contributed by atoms with Crippen molar-refractivity contribution in [2.45, 2.75) is 57.3 Å². The molecule has 8 rings (SSSR count). The number of nitrogens with two attached hydrogens (primary N) is 1. The summed E-state index contributed by atoms with van der Waals surface area (Å²) in [5, 5.41) is 0. The van der Waals surface area contributed by atoms with E-state index in [0.29, 0.717) is 11.6 Å². The fourth-order valence-electron chi connectivity index (χ4n) is 9.14. The first-order valence-electron chi connectivity index (χ1n) is 15.0. The minimum atomic E-state index is -0.125. The van der Waals surface area contributed by atoms with Gasteiger partial charge in [0.1, 0.15) is 0 Å². The van der Waals surface area contributed by atoms with Crippen LogP contribution >= 0.6 is 0 Å². The van der Waals surface area contributed by atoms with E-state index in [1.54, 1.807) is 5.57 Å². The Balaban J connectivity index is 1.38. The molecule has 0 amide bonds. The lowest BCUT2D eigenvalue weighted by molar-refractivity contribution is 0.285. The van der Waals surface area contributed by atoms with Gasteiger partial charge in [0, 0.05) is 22.1 Å². The molecule has 0 radical (unpaired) electrons. The molecule has 2 N–H and O–H groups in total. The van der Waals surface area contributed by atoms with Crippen molar-refractivity contribution in [1.82, 2.24) is 0 Å². The van der Waals surface area contributed by atoms with Gasteiger partial charge in [0.15, 0.2) is 0 Å². The highest BCUT2D eigenvalue weighted by molar-refractivity contribution is 5.93. The van der Waals surface area contributed by atoms with Gasteiger partial charge in [-0.2, -0.15) is 0 Å². The number of hydrogen-bond acceptors (Lipinski definition) is 1. The van der Waals surface area contributed by atoms with Gasteiger partial charge in [0.2, 0.25) is 0 Å². The van der Waals surface area contributed by atoms with E-state index in [9.17, 15) is 0 Å². The third-order valence-electron chi connectivity index (χ3n) is 10.7. The minimum Gasteiger partial charge on any atom is -0.399 e. The Morgan fingerprint density at radius 3 is 2.35 bits per heavy atom. The van der Waals surface area contributed by atoms with Crippen LogP contribution in [0, 0.1) is 11.8 Å². The second kappa shape index (κ2) is 8.10. The molecule has 1 fully saturated rings. The van der Waals surface area contributed by atoms with Crippen LogP contribution in [0.4, 0.5) is 0 Å². The van der Waals surface area contributed by atoms with Crippen LogP contribution in [0.25, 0.3) is 39.1 Å². The predicted octanol–water partition coefficient (Wildman–Crippen LogP) is 9.62. The van der Waals surface area contributed by atoms with E-state index in [1.807, 2.05) is 0 Å². The molecule has 2 bridgehead atoms. The summed E-state index contributed by atoms with van der Waals surface area (Å²) >= 11 is 0. The van der Waals surface area contributed by atoms with Crippen LogP contribution in [-0.2, 0) is 10.8 Å². The van der Waals surface area contributed by atoms with Gasteiger partial charge in [0.05, 0.1) is 0 Å². The number of allylic oxidation sites excluding steroid dienone is 2. The van der Waals surface area contributed by atoms with Crippen molar-refractivity contribution < 1.29 is 0 Å². The molecule has 0 saturated heterocycles. The van der Waals surface area contributed by atoms with Crippen molar-refractivity contribution in [3.63, 3.8) is 0 Å². The molecule has 1 spiro atoms. The summed E-state index contributed by atoms with van der Waals surface area (Å²) < 4.78 is 0. The molecular weight excluding hydrogens is 482 g/mol. The molecule has 1 heteroatoms. The van der Waals surface area contributed by atoms with Crippen LogP contribution in [0.1, 0.15) is 74.3 Å². The first kappa shape index (κ1) is 24.0. The van der Waals surface area contributed by atoms with Crippen molar-refractivity contribution in [3.05, 3.63) is 125 Å². The molecule has 0 aromatic heterocycles. The Kier molecular flexibility index (Phi) is 4.86. The van der Waals surface area contributed by atoms with Gasteiger partial charge in [-0.1, -0.05) is 112 Å². The second-order valence-corrected chi connectivity index (χ2v) is 13.3. The molecule has 4 aromatic carbocycles. The summed E-state index contributed by atoms with van der Waals surface area (Å²) in [7, 11) is 0. The maximum absolute atomic E-state index is 6.30. The lowest BCUT2D eigenvalue weighted by atomic mass is 9.57. The third kappa shape index (κ3) is 2.99. The van der Waals surface area contributed by atoms with Gasteiger partial charge in [-0.05, 0) is 99.2 Å². The zero-order valence-corrected chi connectivity index (χ0v) is 23.9. The lowest BCUT2D eigenvalue weighted by Gasteiger charge is -2.46. The molecule has 1 saturated carbocycles. The maximum Gasteiger partial charge on any atom is 0.0429 e. The highest BCUT2D eigenvalue weighted by Gasteiger charge is 2.50. The third-order valence-corrected chi connectivity index (χ3v) is 10.7. The molecule has 3 atom stereocenters. The van der Waals surface area contributed by atoms with E-state index in [1.165, 1.54) is 81.3 Å². The fraction of sp³-hybridized carbons (Fsp3) is 0.282. The summed E-state index contributed by atoms with van der Waals surface area (Å²) in [5.74, 6) is 1.48. The molecule has 4 aliphatic carbocycles. The standard InChI is InChI=1S/C39H37N/c1-23-19-25-17-18-39(27(20-23)21-25)35-14-6-5-9-30(35)31-12-8-11-29(37(31)39)26-15-16-34-33(22-26)32-13-7-10-28(24(2)40)36(32)38(34,3)4/h5-16,20,22-23,25H,2,17-19,21,40H2,1,3-4H3. The Labute approximate surface area is 238 Å². The number of hydrogen-bond donors (Lipinski definition) is 1. The van der Waals surface area contributed by atoms with Crippen molar-refractivity contribution in [2.24, 2.45) is 17.6 Å². The molecule has 4 aromatic rings. The zero-order chi connectivity index (χ0) is 27.4. The van der Waals surface area contributed by atoms with E-state index < -0.39 is 0 Å². The van der Waals surface area contributed by atoms with Crippen LogP contribution in [0.2, 0.25) is 0 Å². The van der Waals surface area contributed by atoms with Crippen molar-refractivity contribution in [1.29, 1.82) is 0 Å². The van der Waals surface area contributed by atoms with Crippen LogP contribution in [-0.4, -0.2) is 0 Å². The molecule has 198 valence electrons. The summed E-state index contributed by atoms with van der Waals surface area (Å²) in [6.07, 6.45) is 7.74. The Hall–Kier alpha value is -3.84. The number of fused-ring (bicyclic) bond motifs is 11. The smallest absolute Gasteiger partial charge is 0.0429 e. The van der Waals surface area contributed by atoms with Crippen LogP contribution < -0.4 is 5.73 Å². The van der Waals surface area contributed by atoms with Crippen molar-refractivity contribution >= 4 is 5.70 Å². The average molecular weight is 520 g/mol. The van der Waals surface area contributed by atoms with Gasteiger partial charge in [0.25, 0.3) is 0 Å². The van der Waals surface area contributed by atoms with E-state index in [2.05, 4.69) is 112 Å². The quantitative estimate of drug-likeness (QED) is 0.262. The Morgan fingerprint density at radius 1 is 0.800 bits per heavy atom. The SMILES string of the molecule is C=C(N)c1cccc2c1C(C)(C)c1ccc(-c3cccc4c3C3(CCC5CC3=CC(C)C5)c3ccccc3-4)cc1-2. The largest absolute Gasteiger partial charge is 0.399 e. The Bertz CT molecular complexity index is 1780. The minimum absolute atomic E-state index is 0.0195. The van der Waals surface area contributed by atoms with E-state index >= 15 is 0 Å². The molecule has 1 nitrogen and oxygen atoms in total. The highest BCUT2D eigenvalue weighted by Crippen LogP contribution is 2.63. The molecule has 4 aliphatic rings. The summed E-state index contributed by atoms with van der Waals surface area (Å²) in [6, 6.07) is 30.0. The number of benzene rings is 4. The fourth-order valence-corrected chi connectivity index (χ4v) is 9.14. The predicted molar refractivity (Wildman–Crippen MR) is 168 cm³/mol. The van der Waals surface area contributed by atoms with E-state index in [0.717, 1.165) is 11.5 Å². The first-order valence-corrected chi connectivity index (χ1v) is 15.0. The van der Waals surface area contributed by atoms with Gasteiger partial charge in [-0.3, -0.25) is 0 Å². The van der Waals surface area contributed by atoms with Gasteiger partial charge in [-0.25, -0.2) is 0 Å². The van der Waals surface area contributed by atoms with Crippen LogP contribution in [0.3, 0.4) is 0 Å². The topological polar surface area (TPSA) is 26.0 Å². The van der Waals surface area contributed by atoms with Gasteiger partial charge < -0.3 is 5.73 Å². The molecule has 0 aliphatic heterocycles. The summed E-state index contributed by atoms with van der Waals surface area (Å²) in [4.78, 5) is 0. The highest BCUT2D eigenvalue weighted by atomic mass is 14.6. The van der Waals surface area contributed by atoms with E-state index in [-0.39, 0.29) is 10.8 Å². The van der Waals surface area contributed by atoms with Crippen LogP contribution in [0.15, 0.2) is 97.1 Å². The van der Waals surface area contributed by atoms with Gasteiger partial charge in [-0.15, -0.1) is 0 Å². The molecule has 40 heavy (non-hydrogen) atoms. The summed E-state index contributed by atoms with van der Waals surface area (Å²) in [6.45, 7) is 11.2. The monoisotopic (exact) mass is 519 g/mol. The Morgan fingerprint density at radius 2 is 1.52 bits per heavy atom. The summed E-state index contributed by atoms with van der Waals surface area (Å²) in [5.41, 5.74) is 23.4. The van der Waals surface area contributed by atoms with Crippen molar-refractivity contribution in [3.8, 4) is 33.4 Å². The van der Waals surface area contributed by atoms with E-state index in [4.69, 9.17) is 5.73 Å². The number of rotatable bonds is 2. The van der Waals surface area contributed by atoms with Crippen molar-refractivity contribution in [2.75, 3.05) is 0 Å².